The van der Waals surface area contributed by atoms with Gasteiger partial charge in [0.15, 0.2) is 0 Å². The van der Waals surface area contributed by atoms with E-state index in [9.17, 15) is 8.42 Å². The molecule has 0 spiro atoms. The minimum Gasteiger partial charge on any atom is -0.207 e. The first-order valence-electron chi connectivity index (χ1n) is 4.11. The Morgan fingerprint density at radius 2 is 1.60 bits per heavy atom. The van der Waals surface area contributed by atoms with Gasteiger partial charge in [-0.2, -0.15) is 0 Å². The molecular weight excluding hydrogens is 300 g/mol. The first-order chi connectivity index (χ1) is 6.98. The van der Waals surface area contributed by atoms with Gasteiger partial charge in [-0.05, 0) is 38.8 Å². The Hall–Kier alpha value is -0.580. The molecule has 0 aromatic heterocycles. The van der Waals surface area contributed by atoms with Crippen LogP contribution in [0.3, 0.4) is 0 Å². The molecule has 0 heterocycles. The monoisotopic (exact) mass is 304 g/mol. The van der Waals surface area contributed by atoms with Crippen molar-refractivity contribution >= 4 is 46.4 Å². The van der Waals surface area contributed by atoms with Crippen LogP contribution in [0.5, 0.6) is 0 Å². The topological polar surface area (TPSA) is 34.1 Å². The first kappa shape index (κ1) is 10.9. The molecule has 0 aliphatic carbocycles. The molecule has 0 radical (unpaired) electrons. The predicted molar refractivity (Wildman–Crippen MR) is 64.7 cm³/mol. The third-order valence-corrected chi connectivity index (χ3v) is 4.34. The van der Waals surface area contributed by atoms with Crippen molar-refractivity contribution in [2.45, 2.75) is 4.90 Å². The van der Waals surface area contributed by atoms with Crippen molar-refractivity contribution in [2.24, 2.45) is 0 Å². The summed E-state index contributed by atoms with van der Waals surface area (Å²) in [7, 11) is 1.61. The highest BCUT2D eigenvalue weighted by Gasteiger charge is 2.14. The van der Waals surface area contributed by atoms with E-state index in [4.69, 9.17) is 10.7 Å². The van der Waals surface area contributed by atoms with Gasteiger partial charge in [0.2, 0.25) is 0 Å². The zero-order valence-corrected chi connectivity index (χ0v) is 10.6. The summed E-state index contributed by atoms with van der Waals surface area (Å²) >= 11 is 3.19. The summed E-state index contributed by atoms with van der Waals surface area (Å²) in [6, 6.07) is 10.8. The molecule has 0 saturated carbocycles. The summed E-state index contributed by atoms with van der Waals surface area (Å²) in [6.07, 6.45) is 0. The lowest BCUT2D eigenvalue weighted by atomic mass is 10.1. The maximum absolute atomic E-state index is 11.2. The standard InChI is InChI=1S/C10H6BrClO2S/c11-9-5-7-3-1-2-4-8(7)6-10(9)15(12,13)14/h1-6H. The second-order valence-corrected chi connectivity index (χ2v) is 6.46. The van der Waals surface area contributed by atoms with Crippen LogP contribution in [0.4, 0.5) is 0 Å². The number of hydrogen-bond donors (Lipinski definition) is 0. The highest BCUT2D eigenvalue weighted by molar-refractivity contribution is 9.10. The summed E-state index contributed by atoms with van der Waals surface area (Å²) in [4.78, 5) is 0.0999. The lowest BCUT2D eigenvalue weighted by Crippen LogP contribution is -1.92. The van der Waals surface area contributed by atoms with E-state index in [0.717, 1.165) is 10.8 Å². The predicted octanol–water partition coefficient (Wildman–Crippen LogP) is 3.53. The Kier molecular flexibility index (Phi) is 2.75. The van der Waals surface area contributed by atoms with Crippen molar-refractivity contribution in [3.63, 3.8) is 0 Å². The molecule has 0 N–H and O–H groups in total. The van der Waals surface area contributed by atoms with Crippen molar-refractivity contribution in [3.05, 3.63) is 40.9 Å². The molecule has 2 aromatic rings. The van der Waals surface area contributed by atoms with Gasteiger partial charge in [0.25, 0.3) is 9.05 Å². The molecule has 0 fully saturated rings. The summed E-state index contributed by atoms with van der Waals surface area (Å²) in [5.41, 5.74) is 0. The van der Waals surface area contributed by atoms with E-state index in [0.29, 0.717) is 4.47 Å². The third-order valence-electron chi connectivity index (χ3n) is 2.06. The summed E-state index contributed by atoms with van der Waals surface area (Å²) in [5, 5.41) is 1.81. The average Bonchev–Trinajstić information content (AvgIpc) is 2.15. The van der Waals surface area contributed by atoms with Crippen LogP contribution in [-0.4, -0.2) is 8.42 Å². The van der Waals surface area contributed by atoms with Gasteiger partial charge < -0.3 is 0 Å². The van der Waals surface area contributed by atoms with Crippen LogP contribution in [0.2, 0.25) is 0 Å². The Morgan fingerprint density at radius 1 is 1.07 bits per heavy atom. The van der Waals surface area contributed by atoms with Crippen molar-refractivity contribution in [3.8, 4) is 0 Å². The number of hydrogen-bond acceptors (Lipinski definition) is 2. The van der Waals surface area contributed by atoms with Gasteiger partial charge in [0, 0.05) is 15.2 Å². The zero-order chi connectivity index (χ0) is 11.1. The second kappa shape index (κ2) is 3.77. The van der Waals surface area contributed by atoms with Crippen molar-refractivity contribution in [2.75, 3.05) is 0 Å². The lowest BCUT2D eigenvalue weighted by Gasteiger charge is -2.03. The molecule has 2 aromatic carbocycles. The fourth-order valence-corrected chi connectivity index (χ4v) is 3.60. The summed E-state index contributed by atoms with van der Waals surface area (Å²) in [6.45, 7) is 0. The lowest BCUT2D eigenvalue weighted by molar-refractivity contribution is 0.609. The number of rotatable bonds is 1. The minimum atomic E-state index is -3.70. The molecule has 78 valence electrons. The first-order valence-corrected chi connectivity index (χ1v) is 7.22. The maximum Gasteiger partial charge on any atom is 0.262 e. The highest BCUT2D eigenvalue weighted by atomic mass is 79.9. The Morgan fingerprint density at radius 3 is 2.13 bits per heavy atom. The van der Waals surface area contributed by atoms with Gasteiger partial charge in [-0.1, -0.05) is 24.3 Å². The fourth-order valence-electron chi connectivity index (χ4n) is 1.38. The van der Waals surface area contributed by atoms with Crippen molar-refractivity contribution < 1.29 is 8.42 Å². The Bertz CT molecular complexity index is 622. The zero-order valence-electron chi connectivity index (χ0n) is 7.44. The van der Waals surface area contributed by atoms with Crippen LogP contribution in [0.1, 0.15) is 0 Å². The molecule has 2 nitrogen and oxygen atoms in total. The quantitative estimate of drug-likeness (QED) is 0.755. The summed E-state index contributed by atoms with van der Waals surface area (Å²) in [5.74, 6) is 0. The van der Waals surface area contributed by atoms with Crippen LogP contribution in [-0.2, 0) is 9.05 Å². The molecule has 0 saturated heterocycles. The second-order valence-electron chi connectivity index (χ2n) is 3.07. The van der Waals surface area contributed by atoms with E-state index >= 15 is 0 Å². The van der Waals surface area contributed by atoms with Gasteiger partial charge in [-0.25, -0.2) is 8.42 Å². The van der Waals surface area contributed by atoms with Crippen molar-refractivity contribution in [1.82, 2.24) is 0 Å². The number of fused-ring (bicyclic) bond motifs is 1. The van der Waals surface area contributed by atoms with E-state index in [1.165, 1.54) is 0 Å². The van der Waals surface area contributed by atoms with Gasteiger partial charge >= 0.3 is 0 Å². The smallest absolute Gasteiger partial charge is 0.207 e. The Labute approximate surface area is 100 Å². The van der Waals surface area contributed by atoms with E-state index in [1.54, 1.807) is 12.1 Å². The number of halogens is 2. The van der Waals surface area contributed by atoms with Gasteiger partial charge in [-0.3, -0.25) is 0 Å². The van der Waals surface area contributed by atoms with E-state index in [2.05, 4.69) is 15.9 Å². The van der Waals surface area contributed by atoms with E-state index in [-0.39, 0.29) is 4.90 Å². The molecule has 0 amide bonds. The molecular formula is C10H6BrClO2S. The molecule has 5 heteroatoms. The third kappa shape index (κ3) is 2.17. The average molecular weight is 306 g/mol. The van der Waals surface area contributed by atoms with Crippen LogP contribution < -0.4 is 0 Å². The van der Waals surface area contributed by atoms with Crippen LogP contribution in [0.25, 0.3) is 10.8 Å². The molecule has 0 unspecified atom stereocenters. The van der Waals surface area contributed by atoms with Crippen LogP contribution in [0.15, 0.2) is 45.8 Å². The van der Waals surface area contributed by atoms with Crippen molar-refractivity contribution in [1.29, 1.82) is 0 Å². The Balaban J connectivity index is 2.84. The maximum atomic E-state index is 11.2. The molecule has 0 atom stereocenters. The summed E-state index contributed by atoms with van der Waals surface area (Å²) < 4.78 is 22.9. The van der Waals surface area contributed by atoms with Gasteiger partial charge in [0.1, 0.15) is 0 Å². The van der Waals surface area contributed by atoms with Crippen LogP contribution >= 0.6 is 26.6 Å². The van der Waals surface area contributed by atoms with Crippen LogP contribution in [0, 0.1) is 0 Å². The number of benzene rings is 2. The SMILES string of the molecule is O=S(=O)(Cl)c1cc2ccccc2cc1Br. The molecule has 0 aliphatic rings. The largest absolute Gasteiger partial charge is 0.262 e. The van der Waals surface area contributed by atoms with E-state index < -0.39 is 9.05 Å². The highest BCUT2D eigenvalue weighted by Crippen LogP contribution is 2.29. The molecule has 0 bridgehead atoms. The normalized spacial score (nSPS) is 11.9. The molecule has 15 heavy (non-hydrogen) atoms. The molecule has 0 aliphatic heterocycles. The van der Waals surface area contributed by atoms with E-state index in [1.807, 2.05) is 24.3 Å². The minimum absolute atomic E-state index is 0.0999. The molecule has 2 rings (SSSR count). The van der Waals surface area contributed by atoms with Gasteiger partial charge in [-0.15, -0.1) is 0 Å². The van der Waals surface area contributed by atoms with Gasteiger partial charge in [0.05, 0.1) is 4.90 Å². The fraction of sp³-hybridized carbons (Fsp3) is 0.